The van der Waals surface area contributed by atoms with Gasteiger partial charge in [0.1, 0.15) is 6.61 Å². The third-order valence-electron chi connectivity index (χ3n) is 6.32. The van der Waals surface area contributed by atoms with Gasteiger partial charge >= 0.3 is 11.9 Å². The summed E-state index contributed by atoms with van der Waals surface area (Å²) in [6.07, 6.45) is 23.0. The summed E-state index contributed by atoms with van der Waals surface area (Å²) < 4.78 is 19.8. The minimum Gasteiger partial charge on any atom is -0.486 e. The summed E-state index contributed by atoms with van der Waals surface area (Å²) in [6.45, 7) is 11.4. The van der Waals surface area contributed by atoms with E-state index in [1.807, 2.05) is 37.4 Å². The number of benzene rings is 1. The van der Waals surface area contributed by atoms with Gasteiger partial charge in [-0.25, -0.2) is 14.0 Å². The third-order valence-corrected chi connectivity index (χ3v) is 6.32. The Labute approximate surface area is 262 Å². The molecule has 0 saturated carbocycles. The number of carboxylic acid groups (broad SMARTS) is 2. The van der Waals surface area contributed by atoms with Gasteiger partial charge < -0.3 is 19.8 Å². The summed E-state index contributed by atoms with van der Waals surface area (Å²) in [6, 6.07) is 4.39. The molecular weight excluding hydrogens is 563 g/mol. The molecule has 0 unspecified atom stereocenters. The van der Waals surface area contributed by atoms with Crippen LogP contribution >= 0.6 is 0 Å². The lowest BCUT2D eigenvalue weighted by molar-refractivity contribution is -0.134. The van der Waals surface area contributed by atoms with Crippen LogP contribution in [0, 0.1) is 5.82 Å². The number of ketones is 1. The number of hydrogen-bond donors (Lipinski definition) is 2. The number of nitrogens with zero attached hydrogens (tertiary/aromatic N) is 2. The molecule has 0 aromatic heterocycles. The van der Waals surface area contributed by atoms with E-state index in [-0.39, 0.29) is 18.1 Å². The number of carbonyl (C=O) groups excluding carboxylic acids is 1. The second-order valence-corrected chi connectivity index (χ2v) is 10.4. The Morgan fingerprint density at radius 3 is 1.91 bits per heavy atom. The second-order valence-electron chi connectivity index (χ2n) is 10.4. The van der Waals surface area contributed by atoms with Gasteiger partial charge in [-0.3, -0.25) is 9.69 Å². The van der Waals surface area contributed by atoms with E-state index in [2.05, 4.69) is 30.0 Å². The van der Waals surface area contributed by atoms with Crippen LogP contribution in [0.3, 0.4) is 0 Å². The zero-order chi connectivity index (χ0) is 33.0. The van der Waals surface area contributed by atoms with Crippen molar-refractivity contribution in [3.63, 3.8) is 0 Å². The molecule has 0 spiro atoms. The maximum atomic E-state index is 14.3. The molecule has 8 nitrogen and oxygen atoms in total. The normalized spacial score (nSPS) is 11.3. The van der Waals surface area contributed by atoms with Crippen LogP contribution in [0.1, 0.15) is 68.1 Å². The van der Waals surface area contributed by atoms with Crippen LogP contribution in [0.15, 0.2) is 80.0 Å². The van der Waals surface area contributed by atoms with Gasteiger partial charge in [0.15, 0.2) is 17.3 Å². The van der Waals surface area contributed by atoms with Gasteiger partial charge in [-0.15, -0.1) is 13.2 Å². The predicted octanol–water partition coefficient (Wildman–Crippen LogP) is 6.96. The molecule has 2 N–H and O–H groups in total. The van der Waals surface area contributed by atoms with Crippen LogP contribution in [0.25, 0.3) is 0 Å². The highest BCUT2D eigenvalue weighted by Gasteiger charge is 2.08. The first-order valence-corrected chi connectivity index (χ1v) is 15.1. The number of ether oxygens (including phenoxy) is 1. The number of hydrogen-bond acceptors (Lipinski definition) is 6. The quantitative estimate of drug-likeness (QED) is 0.0557. The summed E-state index contributed by atoms with van der Waals surface area (Å²) in [5.41, 5.74) is 0.341. The van der Waals surface area contributed by atoms with Crippen molar-refractivity contribution in [2.24, 2.45) is 0 Å². The van der Waals surface area contributed by atoms with Gasteiger partial charge in [-0.1, -0.05) is 68.9 Å². The van der Waals surface area contributed by atoms with Crippen molar-refractivity contribution in [1.82, 2.24) is 9.80 Å². The molecule has 1 aromatic carbocycles. The molecule has 9 heteroatoms. The Balaban J connectivity index is 0.00000202. The SMILES string of the molecule is C=CCN(C)C/C=C/COc1ccc(C(=O)/C=C/CCCCCCCCCCN(C)CC=C)cc1F.O=C(O)/C=C/C(=O)O. The monoisotopic (exact) mass is 614 g/mol. The molecule has 0 atom stereocenters. The van der Waals surface area contributed by atoms with Crippen LogP contribution in [-0.2, 0) is 9.59 Å². The topological polar surface area (TPSA) is 107 Å². The molecule has 0 amide bonds. The number of rotatable bonds is 24. The van der Waals surface area contributed by atoms with Gasteiger partial charge in [0, 0.05) is 37.3 Å². The molecule has 44 heavy (non-hydrogen) atoms. The van der Waals surface area contributed by atoms with Crippen LogP contribution in [-0.4, -0.2) is 84.6 Å². The first kappa shape index (κ1) is 40.2. The van der Waals surface area contributed by atoms with Crippen molar-refractivity contribution < 1.29 is 33.7 Å². The molecule has 0 aliphatic rings. The Kier molecular flexibility index (Phi) is 24.5. The molecule has 1 aromatic rings. The van der Waals surface area contributed by atoms with Gasteiger partial charge in [-0.05, 0) is 64.2 Å². The Bertz CT molecular complexity index is 1070. The van der Waals surface area contributed by atoms with Crippen molar-refractivity contribution in [1.29, 1.82) is 0 Å². The fourth-order valence-corrected chi connectivity index (χ4v) is 3.97. The molecule has 0 radical (unpaired) electrons. The van der Waals surface area contributed by atoms with Crippen LogP contribution < -0.4 is 4.74 Å². The molecule has 1 rings (SSSR count). The Morgan fingerprint density at radius 1 is 0.773 bits per heavy atom. The lowest BCUT2D eigenvalue weighted by Crippen LogP contribution is -2.19. The first-order chi connectivity index (χ1) is 21.1. The van der Waals surface area contributed by atoms with Gasteiger partial charge in [0.2, 0.25) is 0 Å². The summed E-state index contributed by atoms with van der Waals surface area (Å²) in [5.74, 6) is -3.06. The van der Waals surface area contributed by atoms with Gasteiger partial charge in [0.05, 0.1) is 0 Å². The maximum absolute atomic E-state index is 14.3. The highest BCUT2D eigenvalue weighted by molar-refractivity contribution is 6.04. The summed E-state index contributed by atoms with van der Waals surface area (Å²) in [7, 11) is 4.13. The van der Waals surface area contributed by atoms with Crippen LogP contribution in [0.5, 0.6) is 5.75 Å². The Morgan fingerprint density at radius 2 is 1.34 bits per heavy atom. The summed E-state index contributed by atoms with van der Waals surface area (Å²) in [4.78, 5) is 35.8. The molecule has 0 saturated heterocycles. The molecule has 0 aliphatic heterocycles. The van der Waals surface area contributed by atoms with Crippen LogP contribution in [0.4, 0.5) is 4.39 Å². The van der Waals surface area contributed by atoms with Gasteiger partial charge in [0.25, 0.3) is 0 Å². The van der Waals surface area contributed by atoms with Crippen molar-refractivity contribution >= 4 is 17.7 Å². The largest absolute Gasteiger partial charge is 0.486 e. The highest BCUT2D eigenvalue weighted by Crippen LogP contribution is 2.19. The van der Waals surface area contributed by atoms with Gasteiger partial charge in [-0.2, -0.15) is 0 Å². The Hall–Kier alpha value is -3.82. The number of allylic oxidation sites excluding steroid dienone is 2. The number of halogens is 1. The number of likely N-dealkylation sites (N-methyl/N-ethyl adjacent to an activating group) is 2. The van der Waals surface area contributed by atoms with Crippen molar-refractivity contribution in [3.05, 3.63) is 91.3 Å². The van der Waals surface area contributed by atoms with E-state index in [0.29, 0.717) is 17.7 Å². The number of carboxylic acids is 2. The van der Waals surface area contributed by atoms with E-state index in [1.165, 1.54) is 57.1 Å². The summed E-state index contributed by atoms with van der Waals surface area (Å²) in [5, 5.41) is 15.6. The van der Waals surface area contributed by atoms with E-state index in [4.69, 9.17) is 14.9 Å². The lowest BCUT2D eigenvalue weighted by Gasteiger charge is -2.13. The predicted molar refractivity (Wildman–Crippen MR) is 176 cm³/mol. The third kappa shape index (κ3) is 23.7. The van der Waals surface area contributed by atoms with E-state index in [0.717, 1.165) is 39.0 Å². The van der Waals surface area contributed by atoms with E-state index >= 15 is 0 Å². The first-order valence-electron chi connectivity index (χ1n) is 15.1. The smallest absolute Gasteiger partial charge is 0.328 e. The van der Waals surface area contributed by atoms with Crippen molar-refractivity contribution in [2.45, 2.75) is 57.8 Å². The average Bonchev–Trinajstić information content (AvgIpc) is 2.97. The number of carbonyl (C=O) groups is 3. The molecule has 244 valence electrons. The standard InChI is InChI=1S/C31H47FN2O2.C4H4O4/c1-5-22-33(3)24-16-14-12-10-8-7-9-11-13-15-19-30(35)28-20-21-31(29(32)27-28)36-26-18-17-25-34(4)23-6-2;5-3(6)1-2-4(7)8/h5-6,15,17-21,27H,1-2,7-14,16,22-26H2,3-4H3;1-2H,(H,5,6)(H,7,8)/b18-17+,19-15+;2-1+. The van der Waals surface area contributed by atoms with Crippen LogP contribution in [0.2, 0.25) is 0 Å². The second kappa shape index (κ2) is 26.8. The van der Waals surface area contributed by atoms with Crippen molar-refractivity contribution in [3.8, 4) is 5.75 Å². The fraction of sp³-hybridized carbons (Fsp3) is 0.457. The number of aliphatic carboxylic acids is 2. The fourth-order valence-electron chi connectivity index (χ4n) is 3.97. The van der Waals surface area contributed by atoms with E-state index in [1.54, 1.807) is 12.1 Å². The minimum atomic E-state index is -1.26. The molecule has 0 heterocycles. The average molecular weight is 615 g/mol. The molecule has 0 bridgehead atoms. The zero-order valence-corrected chi connectivity index (χ0v) is 26.5. The number of unbranched alkanes of at least 4 members (excludes halogenated alkanes) is 8. The van der Waals surface area contributed by atoms with E-state index in [9.17, 15) is 18.8 Å². The summed E-state index contributed by atoms with van der Waals surface area (Å²) >= 11 is 0. The molecule has 0 fully saturated rings. The van der Waals surface area contributed by atoms with Crippen molar-refractivity contribution in [2.75, 3.05) is 46.9 Å². The highest BCUT2D eigenvalue weighted by atomic mass is 19.1. The molecular formula is C35H51FN2O6. The zero-order valence-electron chi connectivity index (χ0n) is 26.5. The lowest BCUT2D eigenvalue weighted by atomic mass is 10.1. The minimum absolute atomic E-state index is 0.152. The van der Waals surface area contributed by atoms with E-state index < -0.39 is 17.8 Å². The molecule has 0 aliphatic carbocycles. The maximum Gasteiger partial charge on any atom is 0.328 e.